The molecule has 5 nitrogen and oxygen atoms in total. The molecule has 0 aromatic heterocycles. The van der Waals surface area contributed by atoms with E-state index in [0.717, 1.165) is 34.4 Å². The minimum absolute atomic E-state index is 0.226. The predicted octanol–water partition coefficient (Wildman–Crippen LogP) is 3.57. The SMILES string of the molecule is CCOC(=O)C[C@@]1(C)CCc2c(C)c(OC(C)=O)c(C)c(C)c2O1. The van der Waals surface area contributed by atoms with Crippen molar-refractivity contribution in [2.45, 2.75) is 66.4 Å². The van der Waals surface area contributed by atoms with Crippen molar-refractivity contribution in [3.8, 4) is 11.5 Å². The normalized spacial score (nSPS) is 19.2. The molecule has 0 unspecified atom stereocenters. The molecule has 0 fully saturated rings. The molecule has 1 aromatic carbocycles. The van der Waals surface area contributed by atoms with Crippen molar-refractivity contribution in [2.24, 2.45) is 0 Å². The van der Waals surface area contributed by atoms with Gasteiger partial charge in [0, 0.05) is 12.5 Å². The molecule has 0 amide bonds. The first-order chi connectivity index (χ1) is 11.2. The van der Waals surface area contributed by atoms with Gasteiger partial charge in [-0.3, -0.25) is 9.59 Å². The molecule has 0 N–H and O–H groups in total. The zero-order chi connectivity index (χ0) is 18.1. The molecule has 0 saturated carbocycles. The predicted molar refractivity (Wildman–Crippen MR) is 90.6 cm³/mol. The van der Waals surface area contributed by atoms with Gasteiger partial charge in [-0.15, -0.1) is 0 Å². The molecule has 1 aliphatic heterocycles. The van der Waals surface area contributed by atoms with Crippen LogP contribution in [0.3, 0.4) is 0 Å². The second kappa shape index (κ2) is 6.83. The number of benzene rings is 1. The van der Waals surface area contributed by atoms with Crippen LogP contribution in [0, 0.1) is 20.8 Å². The van der Waals surface area contributed by atoms with E-state index in [4.69, 9.17) is 14.2 Å². The van der Waals surface area contributed by atoms with Crippen LogP contribution in [0.1, 0.15) is 55.9 Å². The first-order valence-corrected chi connectivity index (χ1v) is 8.34. The van der Waals surface area contributed by atoms with Crippen LogP contribution in [0.4, 0.5) is 0 Å². The van der Waals surface area contributed by atoms with E-state index in [1.54, 1.807) is 6.92 Å². The summed E-state index contributed by atoms with van der Waals surface area (Å²) < 4.78 is 16.7. The van der Waals surface area contributed by atoms with E-state index < -0.39 is 5.60 Å². The van der Waals surface area contributed by atoms with Gasteiger partial charge in [-0.05, 0) is 64.2 Å². The summed E-state index contributed by atoms with van der Waals surface area (Å²) >= 11 is 0. The summed E-state index contributed by atoms with van der Waals surface area (Å²) in [6.45, 7) is 11.3. The standard InChI is InChI=1S/C19H26O5/c1-7-22-16(21)10-19(6)9-8-15-13(4)17(23-14(5)20)11(2)12(3)18(15)24-19/h7-10H2,1-6H3/t19-/m1/s1. The van der Waals surface area contributed by atoms with Crippen LogP contribution >= 0.6 is 0 Å². The van der Waals surface area contributed by atoms with E-state index in [1.807, 2.05) is 27.7 Å². The quantitative estimate of drug-likeness (QED) is 0.622. The van der Waals surface area contributed by atoms with Crippen LogP contribution in [-0.4, -0.2) is 24.1 Å². The highest BCUT2D eigenvalue weighted by atomic mass is 16.5. The molecule has 132 valence electrons. The maximum Gasteiger partial charge on any atom is 0.309 e. The lowest BCUT2D eigenvalue weighted by Gasteiger charge is -2.37. The van der Waals surface area contributed by atoms with Gasteiger partial charge in [-0.2, -0.15) is 0 Å². The van der Waals surface area contributed by atoms with Crippen LogP contribution in [-0.2, 0) is 20.7 Å². The van der Waals surface area contributed by atoms with Crippen molar-refractivity contribution < 1.29 is 23.8 Å². The van der Waals surface area contributed by atoms with Crippen molar-refractivity contribution in [1.29, 1.82) is 0 Å². The third kappa shape index (κ3) is 3.55. The summed E-state index contributed by atoms with van der Waals surface area (Å²) in [4.78, 5) is 23.2. The summed E-state index contributed by atoms with van der Waals surface area (Å²) in [5.74, 6) is 0.853. The number of ether oxygens (including phenoxy) is 3. The maximum atomic E-state index is 11.9. The van der Waals surface area contributed by atoms with E-state index in [1.165, 1.54) is 6.92 Å². The Hall–Kier alpha value is -2.04. The van der Waals surface area contributed by atoms with Crippen LogP contribution in [0.25, 0.3) is 0 Å². The lowest BCUT2D eigenvalue weighted by molar-refractivity contribution is -0.147. The van der Waals surface area contributed by atoms with Gasteiger partial charge in [0.05, 0.1) is 13.0 Å². The summed E-state index contributed by atoms with van der Waals surface area (Å²) in [5.41, 5.74) is 3.24. The second-order valence-electron chi connectivity index (χ2n) is 6.64. The lowest BCUT2D eigenvalue weighted by atomic mass is 9.85. The topological polar surface area (TPSA) is 61.8 Å². The molecule has 0 aliphatic carbocycles. The summed E-state index contributed by atoms with van der Waals surface area (Å²) in [6.07, 6.45) is 1.71. The molecule has 0 saturated heterocycles. The molecule has 0 spiro atoms. The Morgan fingerprint density at radius 3 is 2.42 bits per heavy atom. The molecule has 5 heteroatoms. The Labute approximate surface area is 143 Å². The van der Waals surface area contributed by atoms with E-state index in [0.29, 0.717) is 18.8 Å². The minimum Gasteiger partial charge on any atom is -0.486 e. The monoisotopic (exact) mass is 334 g/mol. The Balaban J connectivity index is 2.38. The van der Waals surface area contributed by atoms with Crippen LogP contribution in [0.15, 0.2) is 0 Å². The molecule has 24 heavy (non-hydrogen) atoms. The molecule has 1 aliphatic rings. The first kappa shape index (κ1) is 18.3. The number of fused-ring (bicyclic) bond motifs is 1. The lowest BCUT2D eigenvalue weighted by Crippen LogP contribution is -2.39. The van der Waals surface area contributed by atoms with Crippen LogP contribution in [0.5, 0.6) is 11.5 Å². The summed E-state index contributed by atoms with van der Waals surface area (Å²) in [7, 11) is 0. The minimum atomic E-state index is -0.578. The van der Waals surface area contributed by atoms with Gasteiger partial charge in [0.15, 0.2) is 0 Å². The van der Waals surface area contributed by atoms with Gasteiger partial charge in [-0.1, -0.05) is 0 Å². The molecule has 2 rings (SSSR count). The largest absolute Gasteiger partial charge is 0.486 e. The molecule has 1 atom stereocenters. The number of carbonyl (C=O) groups excluding carboxylic acids is 2. The highest BCUT2D eigenvalue weighted by molar-refractivity contribution is 5.73. The molecular weight excluding hydrogens is 308 g/mol. The zero-order valence-corrected chi connectivity index (χ0v) is 15.4. The first-order valence-electron chi connectivity index (χ1n) is 8.34. The number of esters is 2. The maximum absolute atomic E-state index is 11.9. The fourth-order valence-electron chi connectivity index (χ4n) is 3.22. The van der Waals surface area contributed by atoms with Gasteiger partial charge in [0.25, 0.3) is 0 Å². The second-order valence-corrected chi connectivity index (χ2v) is 6.64. The average molecular weight is 334 g/mol. The van der Waals surface area contributed by atoms with Gasteiger partial charge in [0.2, 0.25) is 0 Å². The van der Waals surface area contributed by atoms with Crippen molar-refractivity contribution in [3.63, 3.8) is 0 Å². The number of carbonyl (C=O) groups is 2. The van der Waals surface area contributed by atoms with Crippen molar-refractivity contribution in [2.75, 3.05) is 6.61 Å². The van der Waals surface area contributed by atoms with Crippen molar-refractivity contribution in [1.82, 2.24) is 0 Å². The van der Waals surface area contributed by atoms with E-state index in [9.17, 15) is 9.59 Å². The average Bonchev–Trinajstić information content (AvgIpc) is 2.49. The van der Waals surface area contributed by atoms with Crippen molar-refractivity contribution >= 4 is 11.9 Å². The summed E-state index contributed by atoms with van der Waals surface area (Å²) in [5, 5.41) is 0. The Kier molecular flexibility index (Phi) is 5.21. The van der Waals surface area contributed by atoms with E-state index in [2.05, 4.69) is 0 Å². The van der Waals surface area contributed by atoms with E-state index in [-0.39, 0.29) is 18.4 Å². The highest BCUT2D eigenvalue weighted by Gasteiger charge is 2.37. The Morgan fingerprint density at radius 2 is 1.83 bits per heavy atom. The van der Waals surface area contributed by atoms with Gasteiger partial charge < -0.3 is 14.2 Å². The van der Waals surface area contributed by atoms with Gasteiger partial charge >= 0.3 is 11.9 Å². The van der Waals surface area contributed by atoms with Crippen LogP contribution < -0.4 is 9.47 Å². The fraction of sp³-hybridized carbons (Fsp3) is 0.579. The molecule has 0 radical (unpaired) electrons. The van der Waals surface area contributed by atoms with E-state index >= 15 is 0 Å². The number of rotatable bonds is 4. The number of hydrogen-bond donors (Lipinski definition) is 0. The smallest absolute Gasteiger partial charge is 0.309 e. The third-order valence-corrected chi connectivity index (χ3v) is 4.63. The molecule has 0 bridgehead atoms. The fourth-order valence-corrected chi connectivity index (χ4v) is 3.22. The Bertz CT molecular complexity index is 677. The van der Waals surface area contributed by atoms with Gasteiger partial charge in [-0.25, -0.2) is 0 Å². The molecule has 1 heterocycles. The molecule has 1 aromatic rings. The third-order valence-electron chi connectivity index (χ3n) is 4.63. The molecular formula is C19H26O5. The van der Waals surface area contributed by atoms with Gasteiger partial charge in [0.1, 0.15) is 17.1 Å². The Morgan fingerprint density at radius 1 is 1.17 bits per heavy atom. The zero-order valence-electron chi connectivity index (χ0n) is 15.4. The number of hydrogen-bond acceptors (Lipinski definition) is 5. The highest BCUT2D eigenvalue weighted by Crippen LogP contribution is 2.44. The van der Waals surface area contributed by atoms with Crippen LogP contribution in [0.2, 0.25) is 0 Å². The van der Waals surface area contributed by atoms with Crippen molar-refractivity contribution in [3.05, 3.63) is 22.3 Å². The summed E-state index contributed by atoms with van der Waals surface area (Å²) in [6, 6.07) is 0.